The lowest BCUT2D eigenvalue weighted by molar-refractivity contribution is -0.192. The van der Waals surface area contributed by atoms with E-state index in [2.05, 4.69) is 15.5 Å². The van der Waals surface area contributed by atoms with Gasteiger partial charge in [-0.3, -0.25) is 19.3 Å². The van der Waals surface area contributed by atoms with Crippen LogP contribution in [0.1, 0.15) is 16.2 Å². The van der Waals surface area contributed by atoms with Gasteiger partial charge in [-0.25, -0.2) is 14.6 Å². The van der Waals surface area contributed by atoms with Crippen molar-refractivity contribution in [1.29, 1.82) is 0 Å². The molecule has 2 atom stereocenters. The number of furan rings is 1. The second-order valence-electron chi connectivity index (χ2n) is 7.67. The smallest absolute Gasteiger partial charge is 0.477 e. The molecule has 1 fully saturated rings. The standard InChI is InChI=1S/C19H17N5O7S3.C2HF3O2/c1-30-23-11(9-7-34-19(20)21-9)14(25)22-12-15(26)24-13(17(27)28)8(5-32-16(12)24)6-33-18(29)10-3-2-4-31-10;3-2(4,5)1(6)7/h2-4,7,12,16H,5-6H2,1H3,(H2,20,21)(H,22,25)(H,27,28);(H,6,7)/b23-11-;/t12-,16-;/m1./s1. The fourth-order valence-electron chi connectivity index (χ4n) is 3.31. The van der Waals surface area contributed by atoms with Crippen LogP contribution in [0.3, 0.4) is 0 Å². The van der Waals surface area contributed by atoms with Crippen LogP contribution < -0.4 is 11.1 Å². The summed E-state index contributed by atoms with van der Waals surface area (Å²) in [4.78, 5) is 68.5. The minimum Gasteiger partial charge on any atom is -0.477 e. The highest BCUT2D eigenvalue weighted by Crippen LogP contribution is 2.41. The molecule has 4 heterocycles. The number of amides is 2. The van der Waals surface area contributed by atoms with Crippen LogP contribution in [0.4, 0.5) is 18.3 Å². The predicted octanol–water partition coefficient (Wildman–Crippen LogP) is 1.61. The van der Waals surface area contributed by atoms with Crippen molar-refractivity contribution in [3.63, 3.8) is 0 Å². The number of nitrogens with one attached hydrogen (secondary N) is 1. The number of carbonyl (C=O) groups excluding carboxylic acids is 3. The van der Waals surface area contributed by atoms with E-state index in [0.717, 1.165) is 28.0 Å². The Bertz CT molecular complexity index is 1410. The first-order valence-corrected chi connectivity index (χ1v) is 13.7. The molecular formula is C21H18F3N5O9S3. The minimum atomic E-state index is -5.08. The average Bonchev–Trinajstić information content (AvgIpc) is 3.60. The van der Waals surface area contributed by atoms with E-state index in [9.17, 15) is 37.5 Å². The van der Waals surface area contributed by atoms with Gasteiger partial charge in [-0.2, -0.15) is 13.2 Å². The van der Waals surface area contributed by atoms with Gasteiger partial charge in [0, 0.05) is 16.9 Å². The number of thioether (sulfide) groups is 2. The number of nitrogens with two attached hydrogens (primary N) is 1. The van der Waals surface area contributed by atoms with Gasteiger partial charge in [-0.15, -0.1) is 23.1 Å². The highest BCUT2D eigenvalue weighted by Gasteiger charge is 2.54. The van der Waals surface area contributed by atoms with E-state index < -0.39 is 41.3 Å². The first kappa shape index (κ1) is 31.5. The number of aromatic nitrogens is 1. The second kappa shape index (κ2) is 13.1. The number of hydrogen-bond donors (Lipinski definition) is 4. The number of β-lactam (4-membered cyclic amide) rings is 1. The number of carboxylic acid groups (broad SMARTS) is 2. The molecule has 0 radical (unpaired) electrons. The first-order valence-electron chi connectivity index (χ1n) is 10.8. The molecule has 0 aromatic carbocycles. The Morgan fingerprint density at radius 1 is 1.34 bits per heavy atom. The monoisotopic (exact) mass is 637 g/mol. The Balaban J connectivity index is 0.000000587. The van der Waals surface area contributed by atoms with E-state index in [1.54, 1.807) is 6.07 Å². The fraction of sp³-hybridized carbons (Fsp3) is 0.286. The zero-order valence-corrected chi connectivity index (χ0v) is 22.9. The van der Waals surface area contributed by atoms with E-state index in [4.69, 9.17) is 24.9 Å². The van der Waals surface area contributed by atoms with Crippen LogP contribution in [0.15, 0.2) is 44.6 Å². The van der Waals surface area contributed by atoms with E-state index in [1.807, 2.05) is 0 Å². The van der Waals surface area contributed by atoms with Gasteiger partial charge in [-0.05, 0) is 17.7 Å². The third-order valence-corrected chi connectivity index (χ3v) is 8.01. The highest BCUT2D eigenvalue weighted by molar-refractivity contribution is 8.14. The molecule has 0 saturated carbocycles. The summed E-state index contributed by atoms with van der Waals surface area (Å²) in [6, 6.07) is 2.13. The maximum absolute atomic E-state index is 12.8. The number of nitrogens with zero attached hydrogens (tertiary/aromatic N) is 3. The largest absolute Gasteiger partial charge is 0.490 e. The number of carbonyl (C=O) groups is 5. The molecule has 14 nitrogen and oxygen atoms in total. The van der Waals surface area contributed by atoms with Crippen LogP contribution in [0, 0.1) is 0 Å². The third kappa shape index (κ3) is 7.38. The van der Waals surface area contributed by atoms with Crippen molar-refractivity contribution in [2.75, 3.05) is 24.3 Å². The molecule has 0 unspecified atom stereocenters. The summed E-state index contributed by atoms with van der Waals surface area (Å²) < 4.78 is 36.8. The highest BCUT2D eigenvalue weighted by atomic mass is 32.2. The Hall–Kier alpha value is -4.04. The summed E-state index contributed by atoms with van der Waals surface area (Å²) in [5, 5.41) is 23.9. The van der Waals surface area contributed by atoms with Gasteiger partial charge >= 0.3 is 18.1 Å². The number of halogens is 3. The van der Waals surface area contributed by atoms with Gasteiger partial charge in [0.25, 0.3) is 16.9 Å². The van der Waals surface area contributed by atoms with Crippen LogP contribution in [0.25, 0.3) is 0 Å². The fourth-order valence-corrected chi connectivity index (χ4v) is 6.14. The third-order valence-electron chi connectivity index (χ3n) is 5.04. The van der Waals surface area contributed by atoms with Crippen LogP contribution in [-0.4, -0.2) is 90.9 Å². The van der Waals surface area contributed by atoms with E-state index in [1.165, 1.54) is 36.6 Å². The number of aliphatic carboxylic acids is 2. The number of thiazole rings is 1. The normalized spacial score (nSPS) is 18.5. The molecule has 2 aliphatic heterocycles. The maximum Gasteiger partial charge on any atom is 0.490 e. The van der Waals surface area contributed by atoms with E-state index in [0.29, 0.717) is 5.57 Å². The van der Waals surface area contributed by atoms with Crippen molar-refractivity contribution < 1.29 is 56.6 Å². The van der Waals surface area contributed by atoms with E-state index >= 15 is 0 Å². The van der Waals surface area contributed by atoms with Crippen molar-refractivity contribution in [3.8, 4) is 0 Å². The van der Waals surface area contributed by atoms with Crippen molar-refractivity contribution in [1.82, 2.24) is 15.2 Å². The van der Waals surface area contributed by atoms with E-state index in [-0.39, 0.29) is 44.6 Å². The van der Waals surface area contributed by atoms with Gasteiger partial charge in [-0.1, -0.05) is 16.9 Å². The summed E-state index contributed by atoms with van der Waals surface area (Å²) in [6.45, 7) is 0. The van der Waals surface area contributed by atoms with Gasteiger partial charge < -0.3 is 30.5 Å². The quantitative estimate of drug-likeness (QED) is 0.184. The van der Waals surface area contributed by atoms with Crippen molar-refractivity contribution in [3.05, 3.63) is 46.5 Å². The Morgan fingerprint density at radius 3 is 2.54 bits per heavy atom. The molecular weight excluding hydrogens is 619 g/mol. The maximum atomic E-state index is 12.8. The number of nitrogen functional groups attached to an aromatic ring is 1. The number of rotatable bonds is 8. The molecule has 41 heavy (non-hydrogen) atoms. The Labute approximate surface area is 239 Å². The van der Waals surface area contributed by atoms with Crippen LogP contribution in [0.5, 0.6) is 0 Å². The molecule has 2 aromatic heterocycles. The molecule has 20 heteroatoms. The molecule has 1 saturated heterocycles. The molecule has 2 aromatic rings. The number of carboxylic acids is 2. The van der Waals surface area contributed by atoms with Gasteiger partial charge in [0.15, 0.2) is 16.6 Å². The lowest BCUT2D eigenvalue weighted by Crippen LogP contribution is -2.71. The lowest BCUT2D eigenvalue weighted by Gasteiger charge is -2.49. The molecule has 4 rings (SSSR count). The molecule has 0 spiro atoms. The summed E-state index contributed by atoms with van der Waals surface area (Å²) in [7, 11) is 1.26. The SMILES string of the molecule is CO/N=C(\C(=O)N[C@@H]1C(=O)N2C(C(=O)O)=C(CSC(=O)c3ccco3)CS[C@H]12)c1csc(N)n1.O=C(O)C(F)(F)F. The number of anilines is 1. The number of alkyl halides is 3. The summed E-state index contributed by atoms with van der Waals surface area (Å²) >= 11 is 3.29. The topological polar surface area (TPSA) is 215 Å². The van der Waals surface area contributed by atoms with Gasteiger partial charge in [0.1, 0.15) is 29.9 Å². The number of oxime groups is 1. The molecule has 0 aliphatic carbocycles. The average molecular weight is 638 g/mol. The van der Waals surface area contributed by atoms with Crippen molar-refractivity contribution in [2.24, 2.45) is 5.16 Å². The molecule has 2 amide bonds. The zero-order valence-electron chi connectivity index (χ0n) is 20.4. The van der Waals surface area contributed by atoms with Crippen molar-refractivity contribution in [2.45, 2.75) is 17.6 Å². The molecule has 220 valence electrons. The summed E-state index contributed by atoms with van der Waals surface area (Å²) in [5.74, 6) is -4.84. The van der Waals surface area contributed by atoms with Crippen LogP contribution >= 0.6 is 34.9 Å². The predicted molar refractivity (Wildman–Crippen MR) is 139 cm³/mol. The Kier molecular flexibility index (Phi) is 10.0. The molecule has 2 aliphatic rings. The summed E-state index contributed by atoms with van der Waals surface area (Å²) in [5.41, 5.74) is 5.89. The van der Waals surface area contributed by atoms with Crippen molar-refractivity contribution >= 4 is 74.6 Å². The second-order valence-corrected chi connectivity index (χ2v) is 10.6. The molecule has 0 bridgehead atoms. The van der Waals surface area contributed by atoms with Gasteiger partial charge in [0.2, 0.25) is 0 Å². The lowest BCUT2D eigenvalue weighted by atomic mass is 10.0. The van der Waals surface area contributed by atoms with Crippen LogP contribution in [0.2, 0.25) is 0 Å². The zero-order chi connectivity index (χ0) is 30.5. The van der Waals surface area contributed by atoms with Gasteiger partial charge in [0.05, 0.1) is 6.26 Å². The summed E-state index contributed by atoms with van der Waals surface area (Å²) in [6.07, 6.45) is -3.71. The number of fused-ring (bicyclic) bond motifs is 1. The first-order chi connectivity index (χ1) is 19.3. The minimum absolute atomic E-state index is 0.0809. The molecule has 5 N–H and O–H groups in total. The number of hydrogen-bond acceptors (Lipinski definition) is 13. The van der Waals surface area contributed by atoms with Crippen LogP contribution in [-0.2, 0) is 24.0 Å². The Morgan fingerprint density at radius 2 is 2.02 bits per heavy atom.